The average Bonchev–Trinajstić information content (AvgIpc) is 3.34. The zero-order valence-electron chi connectivity index (χ0n) is 25.8. The number of allylic oxidation sites excluding steroid dienone is 2. The van der Waals surface area contributed by atoms with Crippen LogP contribution in [0.3, 0.4) is 0 Å². The second kappa shape index (κ2) is 17.4. The van der Waals surface area contributed by atoms with Gasteiger partial charge in [-0.15, -0.1) is 22.0 Å². The molecule has 0 aliphatic rings. The number of aromatic nitrogens is 3. The Morgan fingerprint density at radius 1 is 1.05 bits per heavy atom. The number of thioether (sulfide) groups is 1. The maximum Gasteiger partial charge on any atom is 0.416 e. The van der Waals surface area contributed by atoms with Crippen LogP contribution in [0.25, 0.3) is 11.1 Å². The molecule has 43 heavy (non-hydrogen) atoms. The normalized spacial score (nSPS) is 12.8. The minimum absolute atomic E-state index is 0.341. The summed E-state index contributed by atoms with van der Waals surface area (Å²) in [4.78, 5) is 2.40. The van der Waals surface area contributed by atoms with Crippen LogP contribution >= 0.6 is 11.8 Å². The van der Waals surface area contributed by atoms with Crippen molar-refractivity contribution in [3.8, 4) is 11.1 Å². The van der Waals surface area contributed by atoms with Gasteiger partial charge in [-0.3, -0.25) is 4.90 Å². The topological polar surface area (TPSA) is 58.0 Å². The molecule has 0 aliphatic carbocycles. The molecule has 6 nitrogen and oxygen atoms in total. The lowest BCUT2D eigenvalue weighted by molar-refractivity contribution is -0.137. The largest absolute Gasteiger partial charge is 0.416 e. The van der Waals surface area contributed by atoms with Crippen molar-refractivity contribution in [1.29, 1.82) is 0 Å². The number of nitrogens with one attached hydrogen (secondary N) is 2. The summed E-state index contributed by atoms with van der Waals surface area (Å²) in [5.74, 6) is 3.52. The van der Waals surface area contributed by atoms with Crippen LogP contribution in [0.5, 0.6) is 0 Å². The zero-order valence-corrected chi connectivity index (χ0v) is 26.6. The molecule has 3 rings (SSSR count). The molecule has 1 atom stereocenters. The molecule has 0 saturated carbocycles. The molecule has 0 amide bonds. The van der Waals surface area contributed by atoms with E-state index in [1.165, 1.54) is 12.1 Å². The fourth-order valence-electron chi connectivity index (χ4n) is 4.76. The summed E-state index contributed by atoms with van der Waals surface area (Å²) in [6.45, 7) is 17.1. The predicted octanol–water partition coefficient (Wildman–Crippen LogP) is 7.13. The standard InChI is InChI=1S/C33H45F3N6S/c1-6-9-25(4)23-43-24-41(18-7-2)22-32-40-39-31(20-37-19-26(5)38-8-3)42(32)21-27-10-12-28(13-11-27)29-14-16-30(17-15-29)33(34,35)36/h6,9-17,26,37-38H,4,7-8,18-24H2,1-3,5H3/b9-6-. The third kappa shape index (κ3) is 11.3. The Kier molecular flexibility index (Phi) is 14.0. The summed E-state index contributed by atoms with van der Waals surface area (Å²) in [5.41, 5.74) is 3.14. The summed E-state index contributed by atoms with van der Waals surface area (Å²) >= 11 is 1.84. The van der Waals surface area contributed by atoms with Crippen molar-refractivity contribution < 1.29 is 13.2 Å². The van der Waals surface area contributed by atoms with Crippen molar-refractivity contribution in [2.45, 2.75) is 66.0 Å². The highest BCUT2D eigenvalue weighted by molar-refractivity contribution is 7.99. The quantitative estimate of drug-likeness (QED) is 0.117. The number of nitrogens with zero attached hydrogens (tertiary/aromatic N) is 4. The highest BCUT2D eigenvalue weighted by atomic mass is 32.2. The third-order valence-corrected chi connectivity index (χ3v) is 8.02. The van der Waals surface area contributed by atoms with Crippen LogP contribution in [0.1, 0.15) is 56.9 Å². The van der Waals surface area contributed by atoms with E-state index < -0.39 is 11.7 Å². The lowest BCUT2D eigenvalue weighted by atomic mass is 10.0. The summed E-state index contributed by atoms with van der Waals surface area (Å²) in [5, 5.41) is 16.1. The van der Waals surface area contributed by atoms with Crippen LogP contribution in [0.15, 0.2) is 72.8 Å². The number of halogens is 3. The fraction of sp³-hybridized carbons (Fsp3) is 0.455. The molecular weight excluding hydrogens is 569 g/mol. The fourth-order valence-corrected chi connectivity index (χ4v) is 5.68. The van der Waals surface area contributed by atoms with Gasteiger partial charge >= 0.3 is 6.18 Å². The maximum absolute atomic E-state index is 13.0. The molecule has 2 aromatic carbocycles. The van der Waals surface area contributed by atoms with Crippen molar-refractivity contribution in [3.05, 3.63) is 95.6 Å². The van der Waals surface area contributed by atoms with E-state index in [1.807, 2.05) is 55.1 Å². The Hall–Kier alpha value is -2.92. The van der Waals surface area contributed by atoms with Gasteiger partial charge in [0.2, 0.25) is 0 Å². The Morgan fingerprint density at radius 2 is 1.70 bits per heavy atom. The number of rotatable bonds is 18. The molecule has 0 spiro atoms. The van der Waals surface area contributed by atoms with Crippen molar-refractivity contribution in [3.63, 3.8) is 0 Å². The Balaban J connectivity index is 1.78. The summed E-state index contributed by atoms with van der Waals surface area (Å²) in [7, 11) is 0. The van der Waals surface area contributed by atoms with Gasteiger partial charge in [0, 0.05) is 24.2 Å². The SMILES string of the molecule is C=C(/C=C\C)CSCN(CCC)Cc1nnc(CNCC(C)NCC)n1Cc1ccc(-c2ccc(C(F)(F)F)cc2)cc1. The second-order valence-corrected chi connectivity index (χ2v) is 11.6. The number of hydrogen-bond donors (Lipinski definition) is 2. The number of likely N-dealkylation sites (N-methyl/N-ethyl adjacent to an activating group) is 1. The van der Waals surface area contributed by atoms with Gasteiger partial charge in [0.1, 0.15) is 11.6 Å². The van der Waals surface area contributed by atoms with Gasteiger partial charge in [-0.05, 0) is 67.8 Å². The highest BCUT2D eigenvalue weighted by Crippen LogP contribution is 2.31. The van der Waals surface area contributed by atoms with E-state index in [2.05, 4.69) is 57.6 Å². The number of benzene rings is 2. The average molecular weight is 615 g/mol. The Morgan fingerprint density at radius 3 is 2.30 bits per heavy atom. The lowest BCUT2D eigenvalue weighted by Crippen LogP contribution is -2.36. The van der Waals surface area contributed by atoms with Gasteiger partial charge in [0.25, 0.3) is 0 Å². The van der Waals surface area contributed by atoms with Gasteiger partial charge in [-0.2, -0.15) is 13.2 Å². The Labute approximate surface area is 258 Å². The molecule has 3 aromatic rings. The monoisotopic (exact) mass is 614 g/mol. The minimum atomic E-state index is -4.34. The number of hydrogen-bond acceptors (Lipinski definition) is 6. The third-order valence-electron chi connectivity index (χ3n) is 6.90. The van der Waals surface area contributed by atoms with Crippen LogP contribution in [-0.2, 0) is 25.8 Å². The van der Waals surface area contributed by atoms with E-state index >= 15 is 0 Å². The second-order valence-electron chi connectivity index (χ2n) is 10.7. The zero-order chi connectivity index (χ0) is 31.2. The molecule has 234 valence electrons. The van der Waals surface area contributed by atoms with E-state index in [9.17, 15) is 13.2 Å². The summed E-state index contributed by atoms with van der Waals surface area (Å²) in [6.07, 6.45) is 0.752. The minimum Gasteiger partial charge on any atom is -0.313 e. The molecule has 0 fully saturated rings. The molecule has 1 aromatic heterocycles. The van der Waals surface area contributed by atoms with E-state index in [1.54, 1.807) is 0 Å². The highest BCUT2D eigenvalue weighted by Gasteiger charge is 2.30. The Bertz CT molecular complexity index is 1290. The van der Waals surface area contributed by atoms with Gasteiger partial charge < -0.3 is 15.2 Å². The van der Waals surface area contributed by atoms with Gasteiger partial charge in [0.15, 0.2) is 0 Å². The first-order valence-electron chi connectivity index (χ1n) is 14.9. The first-order chi connectivity index (χ1) is 20.6. The van der Waals surface area contributed by atoms with Crippen LogP contribution in [0, 0.1) is 0 Å². The predicted molar refractivity (Wildman–Crippen MR) is 173 cm³/mol. The van der Waals surface area contributed by atoms with E-state index in [0.717, 1.165) is 83.7 Å². The first-order valence-corrected chi connectivity index (χ1v) is 16.0. The van der Waals surface area contributed by atoms with E-state index in [4.69, 9.17) is 0 Å². The molecule has 0 radical (unpaired) electrons. The summed E-state index contributed by atoms with van der Waals surface area (Å²) in [6, 6.07) is 13.6. The molecule has 0 bridgehead atoms. The lowest BCUT2D eigenvalue weighted by Gasteiger charge is -2.22. The molecule has 1 unspecified atom stereocenters. The summed E-state index contributed by atoms with van der Waals surface area (Å²) < 4.78 is 41.1. The molecule has 1 heterocycles. The molecular formula is C33H45F3N6S. The van der Waals surface area contributed by atoms with E-state index in [-0.39, 0.29) is 0 Å². The van der Waals surface area contributed by atoms with Crippen LogP contribution in [0.2, 0.25) is 0 Å². The van der Waals surface area contributed by atoms with Crippen molar-refractivity contribution in [2.24, 2.45) is 0 Å². The van der Waals surface area contributed by atoms with Crippen LogP contribution in [0.4, 0.5) is 13.2 Å². The molecule has 0 saturated heterocycles. The van der Waals surface area contributed by atoms with Crippen LogP contribution in [-0.4, -0.2) is 57.0 Å². The molecule has 10 heteroatoms. The number of alkyl halides is 3. The van der Waals surface area contributed by atoms with E-state index in [0.29, 0.717) is 25.7 Å². The molecule has 0 aliphatic heterocycles. The van der Waals surface area contributed by atoms with Crippen LogP contribution < -0.4 is 10.6 Å². The van der Waals surface area contributed by atoms with Crippen molar-refractivity contribution >= 4 is 11.8 Å². The maximum atomic E-state index is 13.0. The van der Waals surface area contributed by atoms with Crippen molar-refractivity contribution in [1.82, 2.24) is 30.3 Å². The van der Waals surface area contributed by atoms with Gasteiger partial charge in [-0.25, -0.2) is 0 Å². The van der Waals surface area contributed by atoms with Crippen molar-refractivity contribution in [2.75, 3.05) is 31.3 Å². The van der Waals surface area contributed by atoms with Gasteiger partial charge in [0.05, 0.1) is 25.2 Å². The van der Waals surface area contributed by atoms with Gasteiger partial charge in [-0.1, -0.05) is 69.0 Å². The first kappa shape index (κ1) is 34.6. The molecule has 2 N–H and O–H groups in total. The smallest absolute Gasteiger partial charge is 0.313 e.